The van der Waals surface area contributed by atoms with Gasteiger partial charge in [0.1, 0.15) is 0 Å². The topological polar surface area (TPSA) is 32.3 Å². The summed E-state index contributed by atoms with van der Waals surface area (Å²) < 4.78 is 40.1. The molecule has 0 aromatic heterocycles. The third-order valence-corrected chi connectivity index (χ3v) is 4.49. The fourth-order valence-corrected chi connectivity index (χ4v) is 3.08. The molecule has 2 heterocycles. The highest BCUT2D eigenvalue weighted by Gasteiger charge is 2.62. The number of nitrogens with one attached hydrogen (secondary N) is 1. The summed E-state index contributed by atoms with van der Waals surface area (Å²) in [5.41, 5.74) is -2.21. The van der Waals surface area contributed by atoms with E-state index in [1.54, 1.807) is 0 Å². The normalized spacial score (nSPS) is 36.6. The summed E-state index contributed by atoms with van der Waals surface area (Å²) in [6.45, 7) is 4.24. The zero-order chi connectivity index (χ0) is 14.3. The van der Waals surface area contributed by atoms with E-state index in [1.165, 1.54) is 4.90 Å². The van der Waals surface area contributed by atoms with Gasteiger partial charge in [-0.3, -0.25) is 4.79 Å². The van der Waals surface area contributed by atoms with Gasteiger partial charge in [-0.1, -0.05) is 6.92 Å². The Kier molecular flexibility index (Phi) is 3.82. The van der Waals surface area contributed by atoms with E-state index in [2.05, 4.69) is 5.32 Å². The van der Waals surface area contributed by atoms with E-state index in [1.807, 2.05) is 13.8 Å². The molecule has 2 aliphatic rings. The lowest BCUT2D eigenvalue weighted by molar-refractivity contribution is -0.223. The van der Waals surface area contributed by atoms with E-state index in [-0.39, 0.29) is 31.5 Å². The molecule has 6 heteroatoms. The van der Waals surface area contributed by atoms with E-state index < -0.39 is 17.5 Å². The molecule has 0 saturated carbocycles. The third kappa shape index (κ3) is 2.47. The average molecular weight is 278 g/mol. The molecule has 3 nitrogen and oxygen atoms in total. The molecule has 2 saturated heterocycles. The molecule has 19 heavy (non-hydrogen) atoms. The maximum atomic E-state index is 13.4. The summed E-state index contributed by atoms with van der Waals surface area (Å²) in [7, 11) is 0. The van der Waals surface area contributed by atoms with Crippen molar-refractivity contribution in [3.63, 3.8) is 0 Å². The Morgan fingerprint density at radius 3 is 2.53 bits per heavy atom. The van der Waals surface area contributed by atoms with Gasteiger partial charge in [0, 0.05) is 19.1 Å². The molecule has 2 fully saturated rings. The van der Waals surface area contributed by atoms with Gasteiger partial charge in [-0.25, -0.2) is 0 Å². The van der Waals surface area contributed by atoms with Gasteiger partial charge in [0.2, 0.25) is 5.91 Å². The first-order valence-corrected chi connectivity index (χ1v) is 6.86. The van der Waals surface area contributed by atoms with E-state index in [0.717, 1.165) is 12.8 Å². The van der Waals surface area contributed by atoms with Gasteiger partial charge >= 0.3 is 6.18 Å². The SMILES string of the molecule is CC1CCC(C)N(C(=O)C2(C(F)(F)F)CCNC2)C1. The second-order valence-electron chi connectivity index (χ2n) is 6.00. The number of likely N-dealkylation sites (tertiary alicyclic amines) is 1. The van der Waals surface area contributed by atoms with Gasteiger partial charge in [0.15, 0.2) is 5.41 Å². The van der Waals surface area contributed by atoms with Crippen LogP contribution in [0.5, 0.6) is 0 Å². The van der Waals surface area contributed by atoms with E-state index in [4.69, 9.17) is 0 Å². The maximum Gasteiger partial charge on any atom is 0.404 e. The first-order valence-electron chi connectivity index (χ1n) is 6.86. The Morgan fingerprint density at radius 1 is 1.32 bits per heavy atom. The van der Waals surface area contributed by atoms with Crippen LogP contribution in [0.1, 0.15) is 33.1 Å². The van der Waals surface area contributed by atoms with Gasteiger partial charge in [0.25, 0.3) is 0 Å². The minimum atomic E-state index is -4.48. The van der Waals surface area contributed by atoms with Crippen molar-refractivity contribution in [1.82, 2.24) is 10.2 Å². The molecule has 0 bridgehead atoms. The Morgan fingerprint density at radius 2 is 2.00 bits per heavy atom. The standard InChI is InChI=1S/C13H21F3N2O/c1-9-3-4-10(2)18(7-9)11(19)12(13(14,15)16)5-6-17-8-12/h9-10,17H,3-8H2,1-2H3. The summed E-state index contributed by atoms with van der Waals surface area (Å²) >= 11 is 0. The summed E-state index contributed by atoms with van der Waals surface area (Å²) in [6.07, 6.45) is -2.86. The number of piperidine rings is 1. The predicted molar refractivity (Wildman–Crippen MR) is 65.5 cm³/mol. The molecule has 0 aromatic rings. The zero-order valence-corrected chi connectivity index (χ0v) is 11.4. The number of hydrogen-bond donors (Lipinski definition) is 1. The van der Waals surface area contributed by atoms with E-state index in [9.17, 15) is 18.0 Å². The van der Waals surface area contributed by atoms with Gasteiger partial charge in [-0.2, -0.15) is 13.2 Å². The number of carbonyl (C=O) groups excluding carboxylic acids is 1. The predicted octanol–water partition coefficient (Wildman–Crippen LogP) is 2.18. The molecule has 0 radical (unpaired) electrons. The van der Waals surface area contributed by atoms with Crippen LogP contribution in [0.4, 0.5) is 13.2 Å². The molecule has 1 amide bonds. The summed E-state index contributed by atoms with van der Waals surface area (Å²) in [5, 5.41) is 2.70. The minimum absolute atomic E-state index is 0.0940. The van der Waals surface area contributed by atoms with E-state index in [0.29, 0.717) is 6.54 Å². The lowest BCUT2D eigenvalue weighted by Crippen LogP contribution is -2.57. The molecule has 1 N–H and O–H groups in total. The number of rotatable bonds is 1. The number of alkyl halides is 3. The lowest BCUT2D eigenvalue weighted by atomic mass is 9.82. The van der Waals surface area contributed by atoms with Gasteiger partial charge < -0.3 is 10.2 Å². The van der Waals surface area contributed by atoms with Crippen LogP contribution in [0.3, 0.4) is 0 Å². The smallest absolute Gasteiger partial charge is 0.339 e. The molecule has 0 aliphatic carbocycles. The van der Waals surface area contributed by atoms with Crippen LogP contribution in [0.2, 0.25) is 0 Å². The lowest BCUT2D eigenvalue weighted by Gasteiger charge is -2.42. The van der Waals surface area contributed by atoms with Gasteiger partial charge in [-0.15, -0.1) is 0 Å². The first kappa shape index (κ1) is 14.6. The zero-order valence-electron chi connectivity index (χ0n) is 11.4. The van der Waals surface area contributed by atoms with Crippen LogP contribution >= 0.6 is 0 Å². The van der Waals surface area contributed by atoms with Crippen molar-refractivity contribution >= 4 is 5.91 Å². The number of nitrogens with zero attached hydrogens (tertiary/aromatic N) is 1. The van der Waals surface area contributed by atoms with Gasteiger partial charge in [-0.05, 0) is 38.6 Å². The fourth-order valence-electron chi connectivity index (χ4n) is 3.08. The molecule has 3 unspecified atom stereocenters. The highest BCUT2D eigenvalue weighted by Crippen LogP contribution is 2.45. The molecule has 110 valence electrons. The van der Waals surface area contributed by atoms with Crippen molar-refractivity contribution < 1.29 is 18.0 Å². The number of hydrogen-bond acceptors (Lipinski definition) is 2. The summed E-state index contributed by atoms with van der Waals surface area (Å²) in [4.78, 5) is 13.9. The maximum absolute atomic E-state index is 13.4. The monoisotopic (exact) mass is 278 g/mol. The highest BCUT2D eigenvalue weighted by atomic mass is 19.4. The van der Waals surface area contributed by atoms with Crippen LogP contribution in [0.15, 0.2) is 0 Å². The number of amides is 1. The van der Waals surface area contributed by atoms with Crippen molar-refractivity contribution in [3.8, 4) is 0 Å². The second-order valence-corrected chi connectivity index (χ2v) is 6.00. The van der Waals surface area contributed by atoms with Crippen LogP contribution in [0, 0.1) is 11.3 Å². The largest absolute Gasteiger partial charge is 0.404 e. The molecular weight excluding hydrogens is 257 g/mol. The van der Waals surface area contributed by atoms with Crippen molar-refractivity contribution in [2.24, 2.45) is 11.3 Å². The number of carbonyl (C=O) groups is 1. The average Bonchev–Trinajstić information content (AvgIpc) is 2.81. The van der Waals surface area contributed by atoms with E-state index >= 15 is 0 Å². The molecule has 0 spiro atoms. The highest BCUT2D eigenvalue weighted by molar-refractivity contribution is 5.84. The number of halogens is 3. The molecule has 0 aromatic carbocycles. The second kappa shape index (κ2) is 4.96. The molecule has 2 rings (SSSR count). The third-order valence-electron chi connectivity index (χ3n) is 4.49. The Labute approximate surface area is 111 Å². The van der Waals surface area contributed by atoms with Crippen molar-refractivity contribution in [2.45, 2.75) is 45.3 Å². The van der Waals surface area contributed by atoms with Gasteiger partial charge in [0.05, 0.1) is 0 Å². The van der Waals surface area contributed by atoms with Crippen LogP contribution in [-0.2, 0) is 4.79 Å². The summed E-state index contributed by atoms with van der Waals surface area (Å²) in [6, 6.07) is -0.0940. The molecule has 3 atom stereocenters. The molecule has 2 aliphatic heterocycles. The fraction of sp³-hybridized carbons (Fsp3) is 0.923. The molecular formula is C13H21F3N2O. The van der Waals surface area contributed by atoms with Crippen molar-refractivity contribution in [1.29, 1.82) is 0 Å². The minimum Gasteiger partial charge on any atom is -0.339 e. The Hall–Kier alpha value is -0.780. The van der Waals surface area contributed by atoms with Crippen LogP contribution in [-0.4, -0.2) is 42.7 Å². The Bertz CT molecular complexity index is 350. The van der Waals surface area contributed by atoms with Crippen LogP contribution < -0.4 is 5.32 Å². The van der Waals surface area contributed by atoms with Crippen molar-refractivity contribution in [2.75, 3.05) is 19.6 Å². The quantitative estimate of drug-likeness (QED) is 0.797. The summed E-state index contributed by atoms with van der Waals surface area (Å²) in [5.74, 6) is -0.455. The first-order chi connectivity index (χ1) is 8.78. The van der Waals surface area contributed by atoms with Crippen molar-refractivity contribution in [3.05, 3.63) is 0 Å². The Balaban J connectivity index is 2.25. The van der Waals surface area contributed by atoms with Crippen LogP contribution in [0.25, 0.3) is 0 Å².